The van der Waals surface area contributed by atoms with Crippen LogP contribution in [0.5, 0.6) is 0 Å². The third kappa shape index (κ3) is 2.33. The van der Waals surface area contributed by atoms with E-state index in [2.05, 4.69) is 27.2 Å². The van der Waals surface area contributed by atoms with Gasteiger partial charge in [0.05, 0.1) is 5.39 Å². The number of likely N-dealkylation sites (tertiary alicyclic amines) is 1. The lowest BCUT2D eigenvalue weighted by atomic mass is 10.1. The van der Waals surface area contributed by atoms with Gasteiger partial charge in [-0.15, -0.1) is 0 Å². The number of hydrogen-bond acceptors (Lipinski definition) is 4. The predicted molar refractivity (Wildman–Crippen MR) is 77.5 cm³/mol. The Hall–Kier alpha value is -2.11. The van der Waals surface area contributed by atoms with Crippen molar-refractivity contribution in [2.75, 3.05) is 18.4 Å². The van der Waals surface area contributed by atoms with Crippen LogP contribution in [0.25, 0.3) is 11.0 Å². The molecule has 1 atom stereocenters. The fourth-order valence-corrected chi connectivity index (χ4v) is 2.83. The van der Waals surface area contributed by atoms with E-state index in [1.54, 1.807) is 6.33 Å². The molecule has 3 heterocycles. The number of aromatic amines is 1. The van der Waals surface area contributed by atoms with Crippen LogP contribution in [0.4, 0.5) is 5.82 Å². The van der Waals surface area contributed by atoms with E-state index in [-0.39, 0.29) is 6.04 Å². The zero-order valence-corrected chi connectivity index (χ0v) is 11.6. The molecule has 1 aliphatic rings. The minimum Gasteiger partial charge on any atom is -0.365 e. The number of anilines is 1. The van der Waals surface area contributed by atoms with Crippen LogP contribution < -0.4 is 5.32 Å². The molecule has 1 amide bonds. The summed E-state index contributed by atoms with van der Waals surface area (Å²) in [5.41, 5.74) is 2.08. The van der Waals surface area contributed by atoms with E-state index in [1.807, 2.05) is 11.1 Å². The van der Waals surface area contributed by atoms with E-state index in [1.165, 1.54) is 5.56 Å². The molecule has 0 aromatic carbocycles. The Kier molecular flexibility index (Phi) is 3.54. The molecule has 0 saturated carbocycles. The van der Waals surface area contributed by atoms with E-state index in [4.69, 9.17) is 0 Å². The van der Waals surface area contributed by atoms with Gasteiger partial charge in [-0.1, -0.05) is 6.92 Å². The van der Waals surface area contributed by atoms with Gasteiger partial charge in [-0.3, -0.25) is 4.79 Å². The maximum atomic E-state index is 10.9. The molecule has 0 bridgehead atoms. The average Bonchev–Trinajstić information content (AvgIpc) is 2.92. The number of nitrogens with zero attached hydrogens (tertiary/aromatic N) is 3. The molecule has 3 rings (SSSR count). The van der Waals surface area contributed by atoms with Gasteiger partial charge in [0.15, 0.2) is 0 Å². The first-order valence-corrected chi connectivity index (χ1v) is 7.08. The van der Waals surface area contributed by atoms with E-state index >= 15 is 0 Å². The summed E-state index contributed by atoms with van der Waals surface area (Å²) in [5, 5.41) is 4.55. The summed E-state index contributed by atoms with van der Waals surface area (Å²) >= 11 is 0. The number of hydrogen-bond donors (Lipinski definition) is 2. The molecule has 20 heavy (non-hydrogen) atoms. The quantitative estimate of drug-likeness (QED) is 0.829. The highest BCUT2D eigenvalue weighted by molar-refractivity contribution is 5.90. The zero-order valence-electron chi connectivity index (χ0n) is 11.6. The number of rotatable bonds is 4. The largest absolute Gasteiger partial charge is 0.365 e. The molecule has 2 aromatic rings. The molecule has 1 aliphatic heterocycles. The van der Waals surface area contributed by atoms with E-state index < -0.39 is 0 Å². The van der Waals surface area contributed by atoms with Crippen molar-refractivity contribution in [1.82, 2.24) is 19.9 Å². The number of fused-ring (bicyclic) bond motifs is 1. The minimum atomic E-state index is 0.256. The van der Waals surface area contributed by atoms with Crippen molar-refractivity contribution in [2.24, 2.45) is 0 Å². The third-order valence-corrected chi connectivity index (χ3v) is 3.88. The molecule has 6 heteroatoms. The molecule has 2 N–H and O–H groups in total. The van der Waals surface area contributed by atoms with Gasteiger partial charge < -0.3 is 15.2 Å². The Morgan fingerprint density at radius 3 is 3.25 bits per heavy atom. The minimum absolute atomic E-state index is 0.256. The molecule has 0 radical (unpaired) electrons. The lowest BCUT2D eigenvalue weighted by Crippen LogP contribution is -2.41. The number of amides is 1. The Morgan fingerprint density at radius 1 is 1.55 bits per heavy atom. The summed E-state index contributed by atoms with van der Waals surface area (Å²) in [6.07, 6.45) is 7.51. The van der Waals surface area contributed by atoms with Crippen molar-refractivity contribution in [3.63, 3.8) is 0 Å². The summed E-state index contributed by atoms with van der Waals surface area (Å²) < 4.78 is 0. The van der Waals surface area contributed by atoms with Crippen LogP contribution in [-0.2, 0) is 11.2 Å². The first-order chi connectivity index (χ1) is 9.81. The van der Waals surface area contributed by atoms with Gasteiger partial charge in [-0.25, -0.2) is 9.97 Å². The zero-order chi connectivity index (χ0) is 13.9. The number of piperidine rings is 1. The molecule has 6 nitrogen and oxygen atoms in total. The Morgan fingerprint density at radius 2 is 2.45 bits per heavy atom. The number of H-pyrrole nitrogens is 1. The van der Waals surface area contributed by atoms with E-state index in [0.717, 1.165) is 55.6 Å². The molecular weight excluding hydrogens is 254 g/mol. The summed E-state index contributed by atoms with van der Waals surface area (Å²) in [6, 6.07) is 0.256. The summed E-state index contributed by atoms with van der Waals surface area (Å²) in [6.45, 7) is 3.71. The standard InChI is InChI=1S/C14H19N5O/c1-2-10-6-15-13-12(10)14(17-8-16-13)18-11-4-3-5-19(7-11)9-20/h6,8-9,11H,2-5,7H2,1H3,(H2,15,16,17,18)/t11-/m1/s1. The Bertz CT molecular complexity index is 609. The molecular formula is C14H19N5O. The maximum absolute atomic E-state index is 10.9. The highest BCUT2D eigenvalue weighted by Gasteiger charge is 2.20. The first-order valence-electron chi connectivity index (χ1n) is 7.08. The second-order valence-electron chi connectivity index (χ2n) is 5.20. The van der Waals surface area contributed by atoms with Crippen LogP contribution in [0, 0.1) is 0 Å². The molecule has 106 valence electrons. The predicted octanol–water partition coefficient (Wildman–Crippen LogP) is 1.55. The molecule has 2 aromatic heterocycles. The number of nitrogens with one attached hydrogen (secondary N) is 2. The molecule has 1 fully saturated rings. The number of carbonyl (C=O) groups is 1. The van der Waals surface area contributed by atoms with Crippen LogP contribution in [0.3, 0.4) is 0 Å². The monoisotopic (exact) mass is 273 g/mol. The second-order valence-corrected chi connectivity index (χ2v) is 5.20. The van der Waals surface area contributed by atoms with Gasteiger partial charge in [-0.2, -0.15) is 0 Å². The van der Waals surface area contributed by atoms with Crippen molar-refractivity contribution in [3.8, 4) is 0 Å². The Balaban J connectivity index is 1.86. The number of aromatic nitrogens is 3. The lowest BCUT2D eigenvalue weighted by Gasteiger charge is -2.30. The number of aryl methyl sites for hydroxylation is 1. The van der Waals surface area contributed by atoms with Crippen LogP contribution in [0.2, 0.25) is 0 Å². The van der Waals surface area contributed by atoms with Crippen molar-refractivity contribution in [3.05, 3.63) is 18.1 Å². The second kappa shape index (κ2) is 5.48. The summed E-state index contributed by atoms with van der Waals surface area (Å²) in [7, 11) is 0. The number of carbonyl (C=O) groups excluding carboxylic acids is 1. The molecule has 0 unspecified atom stereocenters. The maximum Gasteiger partial charge on any atom is 0.209 e. The SMILES string of the molecule is CCc1c[nH]c2ncnc(N[C@@H]3CCCN(C=O)C3)c12. The third-order valence-electron chi connectivity index (χ3n) is 3.88. The average molecular weight is 273 g/mol. The van der Waals surface area contributed by atoms with Crippen molar-refractivity contribution < 1.29 is 4.79 Å². The normalized spacial score (nSPS) is 19.2. The smallest absolute Gasteiger partial charge is 0.209 e. The fraction of sp³-hybridized carbons (Fsp3) is 0.500. The van der Waals surface area contributed by atoms with Gasteiger partial charge in [0, 0.05) is 25.3 Å². The van der Waals surface area contributed by atoms with Gasteiger partial charge in [0.2, 0.25) is 6.41 Å². The Labute approximate surface area is 117 Å². The lowest BCUT2D eigenvalue weighted by molar-refractivity contribution is -0.119. The highest BCUT2D eigenvalue weighted by Crippen LogP contribution is 2.25. The van der Waals surface area contributed by atoms with Gasteiger partial charge in [-0.05, 0) is 24.8 Å². The highest BCUT2D eigenvalue weighted by atomic mass is 16.1. The molecule has 1 saturated heterocycles. The van der Waals surface area contributed by atoms with Crippen molar-refractivity contribution >= 4 is 23.3 Å². The van der Waals surface area contributed by atoms with E-state index in [0.29, 0.717) is 0 Å². The van der Waals surface area contributed by atoms with Crippen LogP contribution in [0.1, 0.15) is 25.3 Å². The van der Waals surface area contributed by atoms with E-state index in [9.17, 15) is 4.79 Å². The van der Waals surface area contributed by atoms with Gasteiger partial charge in [0.25, 0.3) is 0 Å². The summed E-state index contributed by atoms with van der Waals surface area (Å²) in [5.74, 6) is 0.867. The topological polar surface area (TPSA) is 73.9 Å². The molecule has 0 spiro atoms. The fourth-order valence-electron chi connectivity index (χ4n) is 2.83. The van der Waals surface area contributed by atoms with Crippen LogP contribution >= 0.6 is 0 Å². The van der Waals surface area contributed by atoms with Crippen LogP contribution in [0.15, 0.2) is 12.5 Å². The first kappa shape index (κ1) is 12.9. The summed E-state index contributed by atoms with van der Waals surface area (Å²) in [4.78, 5) is 24.5. The van der Waals surface area contributed by atoms with Crippen molar-refractivity contribution in [2.45, 2.75) is 32.2 Å². The van der Waals surface area contributed by atoms with Gasteiger partial charge >= 0.3 is 0 Å². The van der Waals surface area contributed by atoms with Crippen LogP contribution in [-0.4, -0.2) is 45.4 Å². The molecule has 0 aliphatic carbocycles. The van der Waals surface area contributed by atoms with Gasteiger partial charge in [0.1, 0.15) is 17.8 Å². The van der Waals surface area contributed by atoms with Crippen molar-refractivity contribution in [1.29, 1.82) is 0 Å².